The highest BCUT2D eigenvalue weighted by atomic mass is 16.9. The molecule has 3 N–H and O–H groups in total. The van der Waals surface area contributed by atoms with Gasteiger partial charge in [-0.15, -0.1) is 0 Å². The summed E-state index contributed by atoms with van der Waals surface area (Å²) in [6.45, 7) is -2.43. The molecule has 0 radical (unpaired) electrons. The maximum absolute atomic E-state index is 12.3. The maximum Gasteiger partial charge on any atom is 0.440 e. The van der Waals surface area contributed by atoms with E-state index in [0.29, 0.717) is 0 Å². The van der Waals surface area contributed by atoms with Gasteiger partial charge in [0.25, 0.3) is 0 Å². The van der Waals surface area contributed by atoms with Crippen LogP contribution in [0.3, 0.4) is 0 Å². The number of carbonyl (C=O) groups excluding carboxylic acids is 4. The second kappa shape index (κ2) is 9.30. The number of cyclic esters (lactones) is 1. The van der Waals surface area contributed by atoms with E-state index in [1.54, 1.807) is 0 Å². The molecular weight excluding hydrogens is 380 g/mol. The largest absolute Gasteiger partial charge is 0.440 e. The first-order valence-electron chi connectivity index (χ1n) is 9.03. The molecule has 2 rings (SSSR count). The summed E-state index contributed by atoms with van der Waals surface area (Å²) in [4.78, 5) is 48.7. The Morgan fingerprint density at radius 2 is 1.07 bits per heavy atom. The van der Waals surface area contributed by atoms with Gasteiger partial charge in [-0.25, -0.2) is 0 Å². The van der Waals surface area contributed by atoms with Crippen LogP contribution in [0.5, 0.6) is 0 Å². The molecule has 0 aromatic carbocycles. The number of rotatable bonds is 2. The molecule has 0 aliphatic carbocycles. The van der Waals surface area contributed by atoms with E-state index in [-0.39, 0.29) is 51.4 Å². The Morgan fingerprint density at radius 3 is 1.43 bits per heavy atom. The number of aliphatic hydroxyl groups is 3. The summed E-state index contributed by atoms with van der Waals surface area (Å²) < 4.78 is 20.2. The van der Waals surface area contributed by atoms with Gasteiger partial charge in [0.2, 0.25) is 6.29 Å². The van der Waals surface area contributed by atoms with Gasteiger partial charge in [0.05, 0.1) is 13.2 Å². The fourth-order valence-electron chi connectivity index (χ4n) is 2.89. The Kier molecular flexibility index (Phi) is 7.33. The number of carbonyl (C=O) groups is 4. The van der Waals surface area contributed by atoms with Crippen molar-refractivity contribution in [3.8, 4) is 0 Å². The molecule has 2 aliphatic rings. The maximum atomic E-state index is 12.3. The fourth-order valence-corrected chi connectivity index (χ4v) is 2.89. The van der Waals surface area contributed by atoms with E-state index >= 15 is 0 Å². The molecule has 11 heteroatoms. The predicted molar refractivity (Wildman–Crippen MR) is 86.6 cm³/mol. The Bertz CT molecular complexity index is 590. The lowest BCUT2D eigenvalue weighted by molar-refractivity contribution is -0.415. The molecular formula is C17H24O11. The second-order valence-electron chi connectivity index (χ2n) is 6.71. The van der Waals surface area contributed by atoms with Crippen LogP contribution in [0, 0.1) is 5.41 Å². The van der Waals surface area contributed by atoms with Crippen LogP contribution in [0.15, 0.2) is 0 Å². The van der Waals surface area contributed by atoms with Crippen LogP contribution < -0.4 is 0 Å². The molecule has 11 nitrogen and oxygen atoms in total. The molecule has 0 amide bonds. The highest BCUT2D eigenvalue weighted by Gasteiger charge is 2.67. The number of hydrogen-bond donors (Lipinski definition) is 3. The zero-order valence-corrected chi connectivity index (χ0v) is 15.3. The normalized spacial score (nSPS) is 26.5. The molecule has 0 bridgehead atoms. The van der Waals surface area contributed by atoms with E-state index in [2.05, 4.69) is 0 Å². The highest BCUT2D eigenvalue weighted by Crippen LogP contribution is 2.42. The zero-order valence-electron chi connectivity index (χ0n) is 15.3. The van der Waals surface area contributed by atoms with Crippen LogP contribution >= 0.6 is 0 Å². The van der Waals surface area contributed by atoms with Crippen molar-refractivity contribution in [2.75, 3.05) is 13.2 Å². The Hall–Kier alpha value is -2.24. The average Bonchev–Trinajstić information content (AvgIpc) is 2.68. The summed E-state index contributed by atoms with van der Waals surface area (Å²) >= 11 is 0. The summed E-state index contributed by atoms with van der Waals surface area (Å²) in [5.41, 5.74) is -2.57. The van der Waals surface area contributed by atoms with Crippen LogP contribution in [-0.4, -0.2) is 64.7 Å². The first-order valence-corrected chi connectivity index (χ1v) is 9.03. The van der Waals surface area contributed by atoms with Crippen LogP contribution in [0.25, 0.3) is 0 Å². The molecule has 2 heterocycles. The molecule has 2 aliphatic heterocycles. The van der Waals surface area contributed by atoms with Gasteiger partial charge in [-0.3, -0.25) is 19.2 Å². The van der Waals surface area contributed by atoms with Crippen molar-refractivity contribution in [1.82, 2.24) is 0 Å². The van der Waals surface area contributed by atoms with Crippen LogP contribution in [0.1, 0.15) is 51.4 Å². The summed E-state index contributed by atoms with van der Waals surface area (Å²) in [5, 5.41) is 30.4. The van der Waals surface area contributed by atoms with Crippen molar-refractivity contribution < 1.29 is 53.4 Å². The molecule has 158 valence electrons. The zero-order chi connectivity index (χ0) is 20.8. The van der Waals surface area contributed by atoms with E-state index in [4.69, 9.17) is 18.9 Å². The molecule has 0 saturated carbocycles. The monoisotopic (exact) mass is 404 g/mol. The molecule has 1 spiro atoms. The lowest BCUT2D eigenvalue weighted by Gasteiger charge is -2.45. The topological polar surface area (TPSA) is 166 Å². The van der Waals surface area contributed by atoms with E-state index in [0.717, 1.165) is 0 Å². The molecule has 28 heavy (non-hydrogen) atoms. The highest BCUT2D eigenvalue weighted by molar-refractivity contribution is 5.75. The Balaban J connectivity index is 2.61. The Morgan fingerprint density at radius 1 is 0.714 bits per heavy atom. The van der Waals surface area contributed by atoms with Crippen LogP contribution in [-0.2, 0) is 38.1 Å². The van der Waals surface area contributed by atoms with Crippen molar-refractivity contribution in [3.63, 3.8) is 0 Å². The predicted octanol–water partition coefficient (Wildman–Crippen LogP) is -0.750. The quantitative estimate of drug-likeness (QED) is 0.496. The standard InChI is InChI=1S/C17H24O11/c18-9-16(10-19)15(24)25-11(20)5-1-2-6-12(21)26-17(16)27-13(22)7-3-4-8-14(23)28-17/h15,18-19,24H,1-10H2. The van der Waals surface area contributed by atoms with Gasteiger partial charge < -0.3 is 34.3 Å². The van der Waals surface area contributed by atoms with Crippen molar-refractivity contribution >= 4 is 23.9 Å². The smallest absolute Gasteiger partial charge is 0.435 e. The van der Waals surface area contributed by atoms with Crippen molar-refractivity contribution in [2.24, 2.45) is 5.41 Å². The molecule has 1 atom stereocenters. The van der Waals surface area contributed by atoms with Gasteiger partial charge in [0, 0.05) is 25.7 Å². The third-order valence-electron chi connectivity index (χ3n) is 4.66. The minimum Gasteiger partial charge on any atom is -0.435 e. The summed E-state index contributed by atoms with van der Waals surface area (Å²) in [7, 11) is 0. The van der Waals surface area contributed by atoms with Gasteiger partial charge in [0.1, 0.15) is 0 Å². The van der Waals surface area contributed by atoms with Gasteiger partial charge in [0.15, 0.2) is 5.41 Å². The number of ether oxygens (including phenoxy) is 4. The molecule has 0 aromatic rings. The van der Waals surface area contributed by atoms with E-state index in [1.807, 2.05) is 0 Å². The third-order valence-corrected chi connectivity index (χ3v) is 4.66. The average molecular weight is 404 g/mol. The lowest BCUT2D eigenvalue weighted by atomic mass is 9.85. The number of esters is 4. The van der Waals surface area contributed by atoms with Crippen molar-refractivity contribution in [1.29, 1.82) is 0 Å². The Labute approximate surface area is 160 Å². The van der Waals surface area contributed by atoms with Gasteiger partial charge in [-0.1, -0.05) is 0 Å². The van der Waals surface area contributed by atoms with Crippen LogP contribution in [0.2, 0.25) is 0 Å². The summed E-state index contributed by atoms with van der Waals surface area (Å²) in [5.74, 6) is -6.79. The fraction of sp³-hybridized carbons (Fsp3) is 0.765. The first kappa shape index (κ1) is 22.1. The van der Waals surface area contributed by atoms with E-state index < -0.39 is 54.8 Å². The van der Waals surface area contributed by atoms with Gasteiger partial charge in [-0.05, 0) is 25.7 Å². The van der Waals surface area contributed by atoms with Gasteiger partial charge in [-0.2, -0.15) is 0 Å². The summed E-state index contributed by atoms with van der Waals surface area (Å²) in [6.07, 6.45) is -2.04. The SMILES string of the molecule is O=C1CCCCC(=O)OC2(OC(=O)CCCCC(=O)O2)C(CO)(CO)C(O)O1. The molecule has 2 saturated heterocycles. The molecule has 2 fully saturated rings. The third kappa shape index (κ3) is 4.59. The van der Waals surface area contributed by atoms with E-state index in [1.165, 1.54) is 0 Å². The van der Waals surface area contributed by atoms with Crippen LogP contribution in [0.4, 0.5) is 0 Å². The van der Waals surface area contributed by atoms with Crippen molar-refractivity contribution in [2.45, 2.75) is 63.6 Å². The number of aliphatic hydroxyl groups excluding tert-OH is 3. The van der Waals surface area contributed by atoms with E-state index in [9.17, 15) is 34.5 Å². The summed E-state index contributed by atoms with van der Waals surface area (Å²) in [6, 6.07) is 0. The first-order chi connectivity index (χ1) is 13.3. The minimum absolute atomic E-state index is 0.149. The second-order valence-corrected chi connectivity index (χ2v) is 6.71. The molecule has 0 aromatic heterocycles. The van der Waals surface area contributed by atoms with Gasteiger partial charge >= 0.3 is 29.9 Å². The molecule has 1 unspecified atom stereocenters. The number of hydrogen-bond acceptors (Lipinski definition) is 11. The lowest BCUT2D eigenvalue weighted by Crippen LogP contribution is -2.66. The minimum atomic E-state index is -3.02. The van der Waals surface area contributed by atoms with Crippen molar-refractivity contribution in [3.05, 3.63) is 0 Å².